The number of aryl methyl sites for hydroxylation is 1. The van der Waals surface area contributed by atoms with Crippen molar-refractivity contribution >= 4 is 23.4 Å². The molecule has 0 aliphatic heterocycles. The summed E-state index contributed by atoms with van der Waals surface area (Å²) in [7, 11) is 1.61. The first kappa shape index (κ1) is 22.5. The molecule has 0 spiro atoms. The van der Waals surface area contributed by atoms with Crippen LogP contribution in [0.5, 0.6) is 5.75 Å². The first-order valence-electron chi connectivity index (χ1n) is 10.4. The van der Waals surface area contributed by atoms with Crippen LogP contribution >= 0.6 is 11.8 Å². The molecular weight excluding hydrogens is 440 g/mol. The summed E-state index contributed by atoms with van der Waals surface area (Å²) >= 11 is 1.31. The number of anilines is 1. The van der Waals surface area contributed by atoms with E-state index in [9.17, 15) is 4.79 Å². The summed E-state index contributed by atoms with van der Waals surface area (Å²) in [4.78, 5) is 17.0. The number of aromatic nitrogens is 5. The second-order valence-electron chi connectivity index (χ2n) is 7.29. The highest BCUT2D eigenvalue weighted by atomic mass is 32.2. The highest BCUT2D eigenvalue weighted by Crippen LogP contribution is 2.26. The lowest BCUT2D eigenvalue weighted by Crippen LogP contribution is -2.15. The maximum absolute atomic E-state index is 12.5. The predicted octanol–water partition coefficient (Wildman–Crippen LogP) is 4.37. The normalized spacial score (nSPS) is 10.9. The van der Waals surface area contributed by atoms with Gasteiger partial charge in [-0.05, 0) is 62.2 Å². The van der Waals surface area contributed by atoms with Gasteiger partial charge in [0, 0.05) is 17.8 Å². The fourth-order valence-corrected chi connectivity index (χ4v) is 4.02. The van der Waals surface area contributed by atoms with Crippen LogP contribution in [0.3, 0.4) is 0 Å². The Morgan fingerprint density at radius 1 is 1.15 bits per heavy atom. The molecule has 0 radical (unpaired) electrons. The van der Waals surface area contributed by atoms with E-state index in [0.29, 0.717) is 23.4 Å². The molecule has 0 saturated heterocycles. The van der Waals surface area contributed by atoms with Crippen molar-refractivity contribution in [2.45, 2.75) is 32.5 Å². The fourth-order valence-electron chi connectivity index (χ4n) is 3.21. The zero-order valence-electron chi connectivity index (χ0n) is 18.8. The smallest absolute Gasteiger partial charge is 0.296 e. The Hall–Kier alpha value is -3.66. The Kier molecular flexibility index (Phi) is 6.74. The number of hydrogen-bond acceptors (Lipinski definition) is 8. The largest absolute Gasteiger partial charge is 0.497 e. The molecule has 1 N–H and O–H groups in total. The zero-order chi connectivity index (χ0) is 23.4. The fraction of sp³-hybridized carbons (Fsp3) is 0.261. The molecule has 2 aromatic carbocycles. The van der Waals surface area contributed by atoms with E-state index in [1.165, 1.54) is 11.8 Å². The van der Waals surface area contributed by atoms with Gasteiger partial charge in [-0.2, -0.15) is 4.98 Å². The topological polar surface area (TPSA) is 108 Å². The molecule has 0 bridgehead atoms. The van der Waals surface area contributed by atoms with Crippen molar-refractivity contribution < 1.29 is 14.1 Å². The zero-order valence-corrected chi connectivity index (χ0v) is 19.6. The lowest BCUT2D eigenvalue weighted by molar-refractivity contribution is -0.113. The van der Waals surface area contributed by atoms with Gasteiger partial charge < -0.3 is 14.6 Å². The minimum Gasteiger partial charge on any atom is -0.497 e. The van der Waals surface area contributed by atoms with Gasteiger partial charge in [0.15, 0.2) is 5.16 Å². The molecule has 4 aromatic rings. The van der Waals surface area contributed by atoms with Gasteiger partial charge in [-0.15, -0.1) is 10.2 Å². The maximum atomic E-state index is 12.5. The van der Waals surface area contributed by atoms with Gasteiger partial charge in [0.25, 0.3) is 5.89 Å². The summed E-state index contributed by atoms with van der Waals surface area (Å²) in [6.07, 6.45) is 0. The molecular formula is C23H24N6O3S. The van der Waals surface area contributed by atoms with Crippen LogP contribution in [-0.2, 0) is 11.3 Å². The monoisotopic (exact) mass is 464 g/mol. The van der Waals surface area contributed by atoms with Crippen molar-refractivity contribution in [3.8, 4) is 28.9 Å². The van der Waals surface area contributed by atoms with E-state index < -0.39 is 0 Å². The number of hydrogen-bond donors (Lipinski definition) is 1. The molecule has 9 nitrogen and oxygen atoms in total. The highest BCUT2D eigenvalue weighted by molar-refractivity contribution is 7.99. The van der Waals surface area contributed by atoms with Crippen molar-refractivity contribution in [2.24, 2.45) is 0 Å². The van der Waals surface area contributed by atoms with Gasteiger partial charge >= 0.3 is 0 Å². The first-order valence-corrected chi connectivity index (χ1v) is 11.4. The van der Waals surface area contributed by atoms with Crippen LogP contribution in [-0.4, -0.2) is 43.7 Å². The second kappa shape index (κ2) is 9.86. The molecule has 4 rings (SSSR count). The van der Waals surface area contributed by atoms with Crippen molar-refractivity contribution in [2.75, 3.05) is 18.2 Å². The number of ether oxygens (including phenoxy) is 1. The van der Waals surface area contributed by atoms with Gasteiger partial charge in [0.2, 0.25) is 17.6 Å². The first-order chi connectivity index (χ1) is 16.0. The van der Waals surface area contributed by atoms with E-state index >= 15 is 0 Å². The molecule has 1 amide bonds. The lowest BCUT2D eigenvalue weighted by Gasteiger charge is -2.10. The van der Waals surface area contributed by atoms with Crippen LogP contribution in [0.1, 0.15) is 18.1 Å². The summed E-state index contributed by atoms with van der Waals surface area (Å²) in [6, 6.07) is 13.2. The van der Waals surface area contributed by atoms with Crippen molar-refractivity contribution in [3.63, 3.8) is 0 Å². The van der Waals surface area contributed by atoms with Crippen molar-refractivity contribution in [1.82, 2.24) is 24.9 Å². The van der Waals surface area contributed by atoms with Crippen LogP contribution in [0.2, 0.25) is 0 Å². The summed E-state index contributed by atoms with van der Waals surface area (Å²) in [5.41, 5.74) is 3.80. The van der Waals surface area contributed by atoms with Gasteiger partial charge in [-0.25, -0.2) is 0 Å². The highest BCUT2D eigenvalue weighted by Gasteiger charge is 2.20. The average Bonchev–Trinajstić information content (AvgIpc) is 3.47. The van der Waals surface area contributed by atoms with Crippen LogP contribution in [0.25, 0.3) is 23.1 Å². The van der Waals surface area contributed by atoms with E-state index in [1.54, 1.807) is 7.11 Å². The minimum atomic E-state index is -0.111. The molecule has 0 saturated carbocycles. The van der Waals surface area contributed by atoms with E-state index in [0.717, 1.165) is 28.1 Å². The molecule has 170 valence electrons. The Morgan fingerprint density at radius 3 is 2.67 bits per heavy atom. The SMILES string of the molecule is CCn1c(SCC(=O)Nc2cccc(C)c2C)nnc1-c1nc(-c2ccc(OC)cc2)no1. The van der Waals surface area contributed by atoms with Gasteiger partial charge in [-0.1, -0.05) is 29.1 Å². The molecule has 2 heterocycles. The number of benzene rings is 2. The number of nitrogens with zero attached hydrogens (tertiary/aromatic N) is 5. The third-order valence-corrected chi connectivity index (χ3v) is 6.18. The molecule has 0 atom stereocenters. The summed E-state index contributed by atoms with van der Waals surface area (Å²) in [5, 5.41) is 16.1. The molecule has 33 heavy (non-hydrogen) atoms. The van der Waals surface area contributed by atoms with Gasteiger partial charge in [0.05, 0.1) is 12.9 Å². The number of carbonyl (C=O) groups is 1. The Balaban J connectivity index is 1.46. The van der Waals surface area contributed by atoms with E-state index in [4.69, 9.17) is 9.26 Å². The number of carbonyl (C=O) groups excluding carboxylic acids is 1. The van der Waals surface area contributed by atoms with Gasteiger partial charge in [-0.3, -0.25) is 9.36 Å². The van der Waals surface area contributed by atoms with Crippen LogP contribution in [0.4, 0.5) is 5.69 Å². The number of thioether (sulfide) groups is 1. The standard InChI is InChI=1S/C23H24N6O3S/c1-5-29-21(22-25-20(28-32-22)16-9-11-17(31-4)12-10-16)26-27-23(29)33-13-19(30)24-18-8-6-7-14(2)15(18)3/h6-12H,5,13H2,1-4H3,(H,24,30). The molecule has 0 unspecified atom stereocenters. The number of methoxy groups -OCH3 is 1. The Bertz CT molecular complexity index is 1270. The van der Waals surface area contributed by atoms with Crippen LogP contribution in [0, 0.1) is 13.8 Å². The van der Waals surface area contributed by atoms with Crippen LogP contribution < -0.4 is 10.1 Å². The van der Waals surface area contributed by atoms with Gasteiger partial charge in [0.1, 0.15) is 5.75 Å². The number of amides is 1. The molecule has 0 aliphatic rings. The second-order valence-corrected chi connectivity index (χ2v) is 8.23. The maximum Gasteiger partial charge on any atom is 0.296 e. The molecule has 2 aromatic heterocycles. The van der Waals surface area contributed by atoms with Crippen LogP contribution in [0.15, 0.2) is 52.1 Å². The molecule has 10 heteroatoms. The summed E-state index contributed by atoms with van der Waals surface area (Å²) in [5.74, 6) is 2.01. The summed E-state index contributed by atoms with van der Waals surface area (Å²) < 4.78 is 12.5. The third kappa shape index (κ3) is 4.90. The minimum absolute atomic E-state index is 0.111. The van der Waals surface area contributed by atoms with E-state index in [2.05, 4.69) is 25.7 Å². The average molecular weight is 465 g/mol. The number of nitrogens with one attached hydrogen (secondary N) is 1. The number of rotatable bonds is 8. The molecule has 0 fully saturated rings. The van der Waals surface area contributed by atoms with Crippen molar-refractivity contribution in [3.05, 3.63) is 53.6 Å². The predicted molar refractivity (Wildman–Crippen MR) is 126 cm³/mol. The third-order valence-electron chi connectivity index (χ3n) is 5.21. The molecule has 0 aliphatic carbocycles. The van der Waals surface area contributed by atoms with E-state index in [-0.39, 0.29) is 17.6 Å². The van der Waals surface area contributed by atoms with Crippen molar-refractivity contribution in [1.29, 1.82) is 0 Å². The van der Waals surface area contributed by atoms with E-state index in [1.807, 2.05) is 67.8 Å². The summed E-state index contributed by atoms with van der Waals surface area (Å²) in [6.45, 7) is 6.56. The quantitative estimate of drug-likeness (QED) is 0.383. The Morgan fingerprint density at radius 2 is 1.94 bits per heavy atom. The Labute approximate surface area is 195 Å². The lowest BCUT2D eigenvalue weighted by atomic mass is 10.1.